The molecule has 0 amide bonds. The molecule has 2 rings (SSSR count). The summed E-state index contributed by atoms with van der Waals surface area (Å²) in [5.41, 5.74) is 1.17. The summed E-state index contributed by atoms with van der Waals surface area (Å²) in [5, 5.41) is 8.91. The lowest BCUT2D eigenvalue weighted by molar-refractivity contribution is -0.120. The van der Waals surface area contributed by atoms with Crippen molar-refractivity contribution in [2.75, 3.05) is 11.9 Å². The average molecular weight is 244 g/mol. The van der Waals surface area contributed by atoms with E-state index in [0.29, 0.717) is 30.3 Å². The lowest BCUT2D eigenvalue weighted by atomic mass is 9.93. The molecular weight excluding hydrogens is 228 g/mol. The van der Waals surface area contributed by atoms with E-state index in [2.05, 4.69) is 9.97 Å². The minimum atomic E-state index is 0.288. The molecule has 1 aliphatic carbocycles. The second kappa shape index (κ2) is 5.13. The number of aryl methyl sites for hydroxylation is 1. The van der Waals surface area contributed by atoms with E-state index in [-0.39, 0.29) is 6.04 Å². The fraction of sp³-hybridized carbons (Fsp3) is 0.538. The molecule has 1 aromatic rings. The molecule has 1 aromatic heterocycles. The first-order chi connectivity index (χ1) is 8.60. The number of ketones is 1. The summed E-state index contributed by atoms with van der Waals surface area (Å²) in [5.74, 6) is 0.911. The van der Waals surface area contributed by atoms with E-state index in [1.807, 2.05) is 24.9 Å². The third-order valence-corrected chi connectivity index (χ3v) is 3.33. The highest BCUT2D eigenvalue weighted by molar-refractivity contribution is 5.79. The van der Waals surface area contributed by atoms with Crippen LogP contribution in [0.2, 0.25) is 0 Å². The molecule has 0 aromatic carbocycles. The number of hydrogen-bond acceptors (Lipinski definition) is 5. The lowest BCUT2D eigenvalue weighted by Crippen LogP contribution is -2.36. The molecule has 0 bridgehead atoms. The van der Waals surface area contributed by atoms with Gasteiger partial charge < -0.3 is 4.90 Å². The number of nitrogens with zero attached hydrogens (tertiary/aromatic N) is 4. The zero-order chi connectivity index (χ0) is 13.1. The van der Waals surface area contributed by atoms with E-state index >= 15 is 0 Å². The minimum absolute atomic E-state index is 0.288. The fourth-order valence-corrected chi connectivity index (χ4v) is 2.24. The van der Waals surface area contributed by atoms with Crippen LogP contribution in [0.3, 0.4) is 0 Å². The van der Waals surface area contributed by atoms with Crippen molar-refractivity contribution in [3.8, 4) is 6.07 Å². The molecule has 1 saturated carbocycles. The van der Waals surface area contributed by atoms with Crippen LogP contribution in [-0.4, -0.2) is 28.8 Å². The number of anilines is 1. The first-order valence-corrected chi connectivity index (χ1v) is 6.10. The Morgan fingerprint density at radius 1 is 1.39 bits per heavy atom. The van der Waals surface area contributed by atoms with E-state index in [0.717, 1.165) is 18.5 Å². The van der Waals surface area contributed by atoms with Crippen molar-refractivity contribution >= 4 is 11.7 Å². The van der Waals surface area contributed by atoms with Gasteiger partial charge in [-0.2, -0.15) is 5.26 Å². The largest absolute Gasteiger partial charge is 0.341 e. The molecule has 0 radical (unpaired) electrons. The second-order valence-electron chi connectivity index (χ2n) is 4.69. The minimum Gasteiger partial charge on any atom is -0.341 e. The van der Waals surface area contributed by atoms with Gasteiger partial charge in [0.1, 0.15) is 17.5 Å². The van der Waals surface area contributed by atoms with Crippen LogP contribution in [0.25, 0.3) is 0 Å². The Labute approximate surface area is 106 Å². The Hall–Kier alpha value is -1.96. The number of carbonyl (C=O) groups is 1. The van der Waals surface area contributed by atoms with Crippen molar-refractivity contribution in [1.82, 2.24) is 9.97 Å². The third-order valence-electron chi connectivity index (χ3n) is 3.33. The maximum Gasteiger partial charge on any atom is 0.226 e. The first kappa shape index (κ1) is 12.5. The number of hydrogen-bond donors (Lipinski definition) is 0. The van der Waals surface area contributed by atoms with Gasteiger partial charge in [0.05, 0.1) is 0 Å². The van der Waals surface area contributed by atoms with Gasteiger partial charge in [-0.25, -0.2) is 9.97 Å². The van der Waals surface area contributed by atoms with E-state index in [1.54, 1.807) is 6.07 Å². The van der Waals surface area contributed by atoms with E-state index in [9.17, 15) is 4.79 Å². The molecule has 5 heteroatoms. The second-order valence-corrected chi connectivity index (χ2v) is 4.69. The van der Waals surface area contributed by atoms with Gasteiger partial charge >= 0.3 is 0 Å². The van der Waals surface area contributed by atoms with Crippen LogP contribution in [0, 0.1) is 18.3 Å². The van der Waals surface area contributed by atoms with Gasteiger partial charge in [-0.1, -0.05) is 0 Å². The molecule has 0 spiro atoms. The number of Topliss-reactive ketones (excluding diaryl/α,β-unsaturated/α-hetero) is 1. The van der Waals surface area contributed by atoms with Gasteiger partial charge in [0.25, 0.3) is 0 Å². The van der Waals surface area contributed by atoms with E-state index in [1.165, 1.54) is 0 Å². The maximum absolute atomic E-state index is 11.2. The van der Waals surface area contributed by atoms with E-state index < -0.39 is 0 Å². The summed E-state index contributed by atoms with van der Waals surface area (Å²) >= 11 is 0. The summed E-state index contributed by atoms with van der Waals surface area (Å²) in [6.45, 7) is 1.85. The molecule has 0 unspecified atom stereocenters. The predicted molar refractivity (Wildman–Crippen MR) is 67.2 cm³/mol. The molecule has 18 heavy (non-hydrogen) atoms. The molecule has 94 valence electrons. The molecule has 0 aliphatic heterocycles. The van der Waals surface area contributed by atoms with Gasteiger partial charge in [0.2, 0.25) is 5.95 Å². The Kier molecular flexibility index (Phi) is 3.56. The molecule has 0 N–H and O–H groups in total. The highest BCUT2D eigenvalue weighted by atomic mass is 16.1. The van der Waals surface area contributed by atoms with E-state index in [4.69, 9.17) is 5.26 Å². The summed E-state index contributed by atoms with van der Waals surface area (Å²) in [6, 6.07) is 4.00. The van der Waals surface area contributed by atoms with Crippen LogP contribution in [0.1, 0.15) is 37.1 Å². The van der Waals surface area contributed by atoms with Gasteiger partial charge in [0.15, 0.2) is 0 Å². The van der Waals surface area contributed by atoms with Crippen LogP contribution in [0.15, 0.2) is 6.07 Å². The molecule has 1 heterocycles. The Morgan fingerprint density at radius 3 is 2.67 bits per heavy atom. The highest BCUT2D eigenvalue weighted by Gasteiger charge is 2.24. The molecule has 1 aliphatic rings. The van der Waals surface area contributed by atoms with Crippen LogP contribution in [-0.2, 0) is 4.79 Å². The van der Waals surface area contributed by atoms with Crippen molar-refractivity contribution < 1.29 is 4.79 Å². The summed E-state index contributed by atoms with van der Waals surface area (Å²) in [6.07, 6.45) is 2.95. The van der Waals surface area contributed by atoms with Gasteiger partial charge in [-0.3, -0.25) is 4.79 Å². The Morgan fingerprint density at radius 2 is 2.06 bits per heavy atom. The fourth-order valence-electron chi connectivity index (χ4n) is 2.24. The van der Waals surface area contributed by atoms with Crippen LogP contribution < -0.4 is 4.90 Å². The summed E-state index contributed by atoms with van der Waals surface area (Å²) in [7, 11) is 1.93. The van der Waals surface area contributed by atoms with Crippen LogP contribution in [0.4, 0.5) is 5.95 Å². The lowest BCUT2D eigenvalue weighted by Gasteiger charge is -2.30. The predicted octanol–water partition coefficient (Wildman–Crippen LogP) is 1.60. The zero-order valence-electron chi connectivity index (χ0n) is 10.7. The molecule has 0 atom stereocenters. The Balaban J connectivity index is 2.18. The van der Waals surface area contributed by atoms with Gasteiger partial charge in [-0.15, -0.1) is 0 Å². The summed E-state index contributed by atoms with van der Waals surface area (Å²) in [4.78, 5) is 21.8. The number of carbonyl (C=O) groups excluding carboxylic acids is 1. The summed E-state index contributed by atoms with van der Waals surface area (Å²) < 4.78 is 0. The maximum atomic E-state index is 11.2. The van der Waals surface area contributed by atoms with Crippen molar-refractivity contribution in [3.63, 3.8) is 0 Å². The zero-order valence-corrected chi connectivity index (χ0v) is 10.7. The molecule has 1 fully saturated rings. The van der Waals surface area contributed by atoms with Crippen LogP contribution in [0.5, 0.6) is 0 Å². The molecule has 5 nitrogen and oxygen atoms in total. The topological polar surface area (TPSA) is 69.9 Å². The van der Waals surface area contributed by atoms with Gasteiger partial charge in [0, 0.05) is 31.6 Å². The quantitative estimate of drug-likeness (QED) is 0.790. The van der Waals surface area contributed by atoms with Crippen molar-refractivity contribution in [3.05, 3.63) is 17.5 Å². The number of rotatable bonds is 2. The molecule has 0 saturated heterocycles. The SMILES string of the molecule is Cc1cc(C#N)nc(N(C)C2CCC(=O)CC2)n1. The Bertz CT molecular complexity index is 496. The van der Waals surface area contributed by atoms with Crippen LogP contribution >= 0.6 is 0 Å². The average Bonchev–Trinajstić information content (AvgIpc) is 2.38. The van der Waals surface area contributed by atoms with Crippen molar-refractivity contribution in [2.45, 2.75) is 38.6 Å². The third kappa shape index (κ3) is 2.65. The van der Waals surface area contributed by atoms with Gasteiger partial charge in [-0.05, 0) is 25.8 Å². The highest BCUT2D eigenvalue weighted by Crippen LogP contribution is 2.22. The number of aromatic nitrogens is 2. The first-order valence-electron chi connectivity index (χ1n) is 6.10. The monoisotopic (exact) mass is 244 g/mol. The number of nitriles is 1. The normalized spacial score (nSPS) is 16.4. The molecular formula is C13H16N4O. The van der Waals surface area contributed by atoms with Crippen molar-refractivity contribution in [2.24, 2.45) is 0 Å². The standard InChI is InChI=1S/C13H16N4O/c1-9-7-10(8-14)16-13(15-9)17(2)11-3-5-12(18)6-4-11/h7,11H,3-6H2,1-2H3. The van der Waals surface area contributed by atoms with Crippen molar-refractivity contribution in [1.29, 1.82) is 5.26 Å². The smallest absolute Gasteiger partial charge is 0.226 e.